The van der Waals surface area contributed by atoms with Gasteiger partial charge in [0.25, 0.3) is 5.91 Å². The molecule has 1 amide bonds. The Bertz CT molecular complexity index is 2410. The lowest BCUT2D eigenvalue weighted by Gasteiger charge is -2.69. The number of benzene rings is 2. The first-order valence-corrected chi connectivity index (χ1v) is 19.5. The number of anilines is 1. The highest BCUT2D eigenvalue weighted by Crippen LogP contribution is 2.72. The lowest BCUT2D eigenvalue weighted by Crippen LogP contribution is -2.64. The Hall–Kier alpha value is -4.91. The highest BCUT2D eigenvalue weighted by molar-refractivity contribution is 7.22. The Balaban J connectivity index is 0.995. The monoisotopic (exact) mass is 743 g/mol. The number of ether oxygens (including phenoxy) is 1. The number of likely N-dealkylation sites (N-methyl/N-ethyl adjacent to an activating group) is 1. The number of carboxylic acid groups (broad SMARTS) is 1. The molecular weight excluding hydrogens is 699 g/mol. The van der Waals surface area contributed by atoms with Gasteiger partial charge in [0.05, 0.1) is 39.9 Å². The van der Waals surface area contributed by atoms with E-state index in [1.807, 2.05) is 68.6 Å². The molecule has 2 aromatic carbocycles. The number of carbonyl (C=O) groups is 2. The van der Waals surface area contributed by atoms with Gasteiger partial charge in [-0.1, -0.05) is 43.4 Å². The minimum absolute atomic E-state index is 0.0372. The van der Waals surface area contributed by atoms with E-state index in [0.717, 1.165) is 72.2 Å². The van der Waals surface area contributed by atoms with E-state index in [4.69, 9.17) is 14.8 Å². The Kier molecular flexibility index (Phi) is 8.11. The van der Waals surface area contributed by atoms with E-state index in [1.54, 1.807) is 12.4 Å². The van der Waals surface area contributed by atoms with Crippen molar-refractivity contribution in [1.29, 1.82) is 0 Å². The molecule has 0 aliphatic heterocycles. The molecule has 0 spiro atoms. The van der Waals surface area contributed by atoms with Crippen molar-refractivity contribution in [3.05, 3.63) is 83.9 Å². The molecule has 4 aliphatic carbocycles. The largest absolute Gasteiger partial charge is 0.476 e. The number of H-pyrrole nitrogens is 1. The van der Waals surface area contributed by atoms with E-state index in [-0.39, 0.29) is 33.4 Å². The maximum absolute atomic E-state index is 13.4. The quantitative estimate of drug-likeness (QED) is 0.0970. The number of hydrogen-bond donors (Lipinski definition) is 4. The van der Waals surface area contributed by atoms with Gasteiger partial charge >= 0.3 is 5.97 Å². The van der Waals surface area contributed by atoms with E-state index < -0.39 is 5.97 Å². The summed E-state index contributed by atoms with van der Waals surface area (Å²) in [6.07, 6.45) is 10.3. The number of carboxylic acids is 1. The van der Waals surface area contributed by atoms with Crippen LogP contribution in [-0.4, -0.2) is 67.5 Å². The van der Waals surface area contributed by atoms with Crippen LogP contribution in [0.3, 0.4) is 0 Å². The second kappa shape index (κ2) is 12.6. The molecule has 54 heavy (non-hydrogen) atoms. The van der Waals surface area contributed by atoms with E-state index in [1.165, 1.54) is 17.8 Å². The zero-order chi connectivity index (χ0) is 37.5. The van der Waals surface area contributed by atoms with Crippen molar-refractivity contribution < 1.29 is 19.4 Å². The number of thiazole rings is 1. The molecule has 12 heteroatoms. The molecule has 4 aliphatic rings. The first-order chi connectivity index (χ1) is 25.9. The number of aromatic amines is 1. The topological polar surface area (TPSA) is 147 Å². The molecule has 2 unspecified atom stereocenters. The number of para-hydroxylation sites is 1. The van der Waals surface area contributed by atoms with Gasteiger partial charge in [-0.05, 0) is 105 Å². The summed E-state index contributed by atoms with van der Waals surface area (Å²) in [4.78, 5) is 38.6. The maximum atomic E-state index is 13.4. The lowest BCUT2D eigenvalue weighted by molar-refractivity contribution is -0.247. The molecule has 10 rings (SSSR count). The number of nitrogens with zero attached hydrogens (tertiary/aromatic N) is 4. The smallest absolute Gasteiger partial charge is 0.355 e. The average molecular weight is 744 g/mol. The Morgan fingerprint density at radius 1 is 0.981 bits per heavy atom. The van der Waals surface area contributed by atoms with Crippen LogP contribution in [0.2, 0.25) is 0 Å². The number of carbonyl (C=O) groups excluding carboxylic acids is 1. The number of nitrogens with one attached hydrogen (secondary N) is 3. The predicted octanol–water partition coefficient (Wildman–Crippen LogP) is 8.32. The van der Waals surface area contributed by atoms with Crippen molar-refractivity contribution in [2.24, 2.45) is 16.2 Å². The van der Waals surface area contributed by atoms with E-state index in [2.05, 4.69) is 39.1 Å². The Morgan fingerprint density at radius 2 is 1.78 bits per heavy atom. The van der Waals surface area contributed by atoms with E-state index in [9.17, 15) is 14.7 Å². The summed E-state index contributed by atoms with van der Waals surface area (Å²) in [5.41, 5.74) is 5.87. The first-order valence-electron chi connectivity index (χ1n) is 18.7. The molecule has 4 aromatic heterocycles. The summed E-state index contributed by atoms with van der Waals surface area (Å²) in [6, 6.07) is 17.1. The van der Waals surface area contributed by atoms with Crippen molar-refractivity contribution in [3.63, 3.8) is 0 Å². The molecule has 4 fully saturated rings. The van der Waals surface area contributed by atoms with Gasteiger partial charge < -0.3 is 20.1 Å². The van der Waals surface area contributed by atoms with Gasteiger partial charge in [-0.2, -0.15) is 5.10 Å². The standard InChI is InChI=1S/C42H45N7O4S/c1-25-29(17-45-49(25)24-41-19-39(2)18-40(3,20-41)22-42(21-39,23-41)53-14-13-43-4)27-10-12-31(46-35(27)37(51)52)26-9-11-32-28(15-26)30(16-44-32)36(50)48-38-47-33-7-5-6-8-34(33)54-38/h5-12,15-17,43-44H,13-14,18-24H2,1-4H3,(H,51,52)(H,47,48,50). The third-order valence-corrected chi connectivity index (χ3v) is 13.1. The number of aromatic nitrogens is 5. The zero-order valence-electron chi connectivity index (χ0n) is 31.1. The van der Waals surface area contributed by atoms with Gasteiger partial charge in [-0.15, -0.1) is 0 Å². The normalized spacial score (nSPS) is 25.9. The van der Waals surface area contributed by atoms with Crippen molar-refractivity contribution in [1.82, 2.24) is 30.0 Å². The van der Waals surface area contributed by atoms with Crippen molar-refractivity contribution in [2.45, 2.75) is 71.4 Å². The maximum Gasteiger partial charge on any atom is 0.355 e. The molecular formula is C42H45N7O4S. The molecule has 11 nitrogen and oxygen atoms in total. The fourth-order valence-corrected chi connectivity index (χ4v) is 12.1. The van der Waals surface area contributed by atoms with Gasteiger partial charge in [-0.3, -0.25) is 14.8 Å². The minimum atomic E-state index is -1.11. The lowest BCUT2D eigenvalue weighted by atomic mass is 9.39. The third-order valence-electron chi connectivity index (χ3n) is 12.1. The Labute approximate surface area is 317 Å². The van der Waals surface area contributed by atoms with Gasteiger partial charge in [0.2, 0.25) is 0 Å². The highest BCUT2D eigenvalue weighted by Gasteiger charge is 2.66. The van der Waals surface area contributed by atoms with E-state index in [0.29, 0.717) is 39.5 Å². The summed E-state index contributed by atoms with van der Waals surface area (Å²) in [5.74, 6) is -1.40. The predicted molar refractivity (Wildman–Crippen MR) is 211 cm³/mol. The van der Waals surface area contributed by atoms with Crippen LogP contribution in [-0.2, 0) is 11.3 Å². The molecule has 278 valence electrons. The van der Waals surface area contributed by atoms with E-state index >= 15 is 0 Å². The van der Waals surface area contributed by atoms with Crippen LogP contribution in [0.15, 0.2) is 67.0 Å². The second-order valence-electron chi connectivity index (χ2n) is 16.9. The van der Waals surface area contributed by atoms with Crippen LogP contribution in [0, 0.1) is 23.2 Å². The van der Waals surface area contributed by atoms with Gasteiger partial charge in [-0.25, -0.2) is 14.8 Å². The highest BCUT2D eigenvalue weighted by atomic mass is 32.1. The summed E-state index contributed by atoms with van der Waals surface area (Å²) >= 11 is 1.42. The molecule has 0 radical (unpaired) electrons. The number of pyridine rings is 1. The second-order valence-corrected chi connectivity index (χ2v) is 18.0. The van der Waals surface area contributed by atoms with Crippen LogP contribution in [0.25, 0.3) is 43.5 Å². The van der Waals surface area contributed by atoms with Crippen molar-refractivity contribution in [3.8, 4) is 22.4 Å². The van der Waals surface area contributed by atoms with Gasteiger partial charge in [0, 0.05) is 52.6 Å². The molecule has 2 atom stereocenters. The zero-order valence-corrected chi connectivity index (χ0v) is 31.9. The molecule has 4 heterocycles. The number of hydrogen-bond acceptors (Lipinski definition) is 8. The molecule has 4 saturated carbocycles. The summed E-state index contributed by atoms with van der Waals surface area (Å²) in [7, 11) is 1.97. The van der Waals surface area contributed by atoms with Crippen LogP contribution in [0.5, 0.6) is 0 Å². The number of amides is 1. The SMILES string of the molecule is CNCCOC12CC3(C)CC(C)(CC(Cn4ncc(-c5ccc(-c6ccc7[nH]cc(C(=O)Nc8nc9ccccc9s8)c7c6)nc5C(=O)O)c4C)(C3)C1)C2. The van der Waals surface area contributed by atoms with Crippen molar-refractivity contribution in [2.75, 3.05) is 25.5 Å². The number of rotatable bonds is 11. The van der Waals surface area contributed by atoms with Crippen LogP contribution < -0.4 is 10.6 Å². The van der Waals surface area contributed by atoms with Crippen LogP contribution in [0.4, 0.5) is 5.13 Å². The van der Waals surface area contributed by atoms with Crippen LogP contribution >= 0.6 is 11.3 Å². The summed E-state index contributed by atoms with van der Waals surface area (Å²) < 4.78 is 9.84. The fourth-order valence-electron chi connectivity index (χ4n) is 11.3. The minimum Gasteiger partial charge on any atom is -0.476 e. The summed E-state index contributed by atoms with van der Waals surface area (Å²) in [5, 5.41) is 22.7. The number of fused-ring (bicyclic) bond motifs is 2. The van der Waals surface area contributed by atoms with Gasteiger partial charge in [0.15, 0.2) is 10.8 Å². The first kappa shape index (κ1) is 34.8. The molecule has 6 aromatic rings. The molecule has 4 bridgehead atoms. The Morgan fingerprint density at radius 3 is 2.54 bits per heavy atom. The average Bonchev–Trinajstić information content (AvgIpc) is 3.82. The van der Waals surface area contributed by atoms with Crippen molar-refractivity contribution >= 4 is 49.5 Å². The fraction of sp³-hybridized carbons (Fsp3) is 0.405. The molecule has 4 N–H and O–H groups in total. The third kappa shape index (κ3) is 6.00. The number of aromatic carboxylic acids is 1. The summed E-state index contributed by atoms with van der Waals surface area (Å²) in [6.45, 7) is 9.27. The van der Waals surface area contributed by atoms with Crippen LogP contribution in [0.1, 0.15) is 78.9 Å². The van der Waals surface area contributed by atoms with Gasteiger partial charge in [0.1, 0.15) is 0 Å². The molecule has 0 saturated heterocycles.